The third kappa shape index (κ3) is 5.32. The van der Waals surface area contributed by atoms with Crippen LogP contribution in [0, 0.1) is 11.6 Å². The van der Waals surface area contributed by atoms with Crippen molar-refractivity contribution in [3.8, 4) is 0 Å². The van der Waals surface area contributed by atoms with Gasteiger partial charge in [0, 0.05) is 11.6 Å². The number of halogens is 2. The lowest BCUT2D eigenvalue weighted by Gasteiger charge is -2.35. The fraction of sp³-hybridized carbons (Fsp3) is 0.360. The Morgan fingerprint density at radius 3 is 2.82 bits per heavy atom. The number of carbonyl (C=O) groups is 1. The van der Waals surface area contributed by atoms with E-state index in [4.69, 9.17) is 4.84 Å². The number of benzene rings is 2. The van der Waals surface area contributed by atoms with Crippen LogP contribution in [0.25, 0.3) is 0 Å². The number of hydrogen-bond acceptors (Lipinski definition) is 5. The molecule has 1 aliphatic heterocycles. The number of nitrogens with zero attached hydrogens (tertiary/aromatic N) is 2. The molecule has 0 saturated heterocycles. The van der Waals surface area contributed by atoms with Crippen LogP contribution in [-0.2, 0) is 9.71 Å². The summed E-state index contributed by atoms with van der Waals surface area (Å²) in [5.41, 5.74) is 3.18. The van der Waals surface area contributed by atoms with Gasteiger partial charge in [-0.05, 0) is 62.4 Å². The average Bonchev–Trinajstić information content (AvgIpc) is 3.25. The SMILES string of the molecule is CONC(=O)N1N=C(c2cc(F)ccc2F)SC1(CCCNC1C=CCCC1)c1ccccc1. The minimum Gasteiger partial charge on any atom is -0.311 e. The molecule has 2 amide bonds. The fourth-order valence-corrected chi connectivity index (χ4v) is 5.70. The third-order valence-corrected chi connectivity index (χ3v) is 7.36. The Morgan fingerprint density at radius 2 is 2.09 bits per heavy atom. The third-order valence-electron chi connectivity index (χ3n) is 5.92. The number of hydroxylamine groups is 1. The van der Waals surface area contributed by atoms with Gasteiger partial charge in [-0.15, -0.1) is 0 Å². The molecule has 4 rings (SSSR count). The maximum Gasteiger partial charge on any atom is 0.363 e. The van der Waals surface area contributed by atoms with Gasteiger partial charge in [-0.25, -0.2) is 19.1 Å². The Labute approximate surface area is 202 Å². The summed E-state index contributed by atoms with van der Waals surface area (Å²) in [6.07, 6.45) is 9.05. The molecule has 1 aliphatic carbocycles. The monoisotopic (exact) mass is 486 g/mol. The molecule has 2 N–H and O–H groups in total. The van der Waals surface area contributed by atoms with E-state index in [-0.39, 0.29) is 10.6 Å². The molecule has 34 heavy (non-hydrogen) atoms. The molecule has 2 unspecified atom stereocenters. The predicted octanol–water partition coefficient (Wildman–Crippen LogP) is 5.28. The second kappa shape index (κ2) is 11.1. The minimum absolute atomic E-state index is 0.0171. The zero-order valence-corrected chi connectivity index (χ0v) is 19.8. The molecule has 0 bridgehead atoms. The number of rotatable bonds is 8. The van der Waals surface area contributed by atoms with Gasteiger partial charge in [0.05, 0.1) is 7.11 Å². The molecule has 0 radical (unpaired) electrons. The van der Waals surface area contributed by atoms with Crippen LogP contribution in [0.1, 0.15) is 43.2 Å². The van der Waals surface area contributed by atoms with E-state index in [2.05, 4.69) is 28.1 Å². The highest BCUT2D eigenvalue weighted by Crippen LogP contribution is 2.50. The lowest BCUT2D eigenvalue weighted by Crippen LogP contribution is -2.46. The highest BCUT2D eigenvalue weighted by atomic mass is 32.2. The van der Waals surface area contributed by atoms with E-state index in [1.54, 1.807) is 0 Å². The number of thioether (sulfide) groups is 1. The van der Waals surface area contributed by atoms with Crippen LogP contribution in [0.4, 0.5) is 13.6 Å². The van der Waals surface area contributed by atoms with Crippen LogP contribution >= 0.6 is 11.8 Å². The topological polar surface area (TPSA) is 66.0 Å². The van der Waals surface area contributed by atoms with Gasteiger partial charge in [-0.1, -0.05) is 54.2 Å². The van der Waals surface area contributed by atoms with Gasteiger partial charge in [-0.3, -0.25) is 4.84 Å². The van der Waals surface area contributed by atoms with Crippen molar-refractivity contribution >= 4 is 22.8 Å². The lowest BCUT2D eigenvalue weighted by molar-refractivity contribution is 0.0732. The molecule has 6 nitrogen and oxygen atoms in total. The molecule has 2 aromatic carbocycles. The molecule has 0 saturated carbocycles. The summed E-state index contributed by atoms with van der Waals surface area (Å²) >= 11 is 1.25. The maximum atomic E-state index is 14.6. The first-order chi connectivity index (χ1) is 16.5. The summed E-state index contributed by atoms with van der Waals surface area (Å²) in [6.45, 7) is 0.744. The van der Waals surface area contributed by atoms with Crippen LogP contribution in [-0.4, -0.2) is 35.8 Å². The molecular formula is C25H28F2N4O2S. The molecule has 180 valence electrons. The van der Waals surface area contributed by atoms with E-state index in [0.717, 1.165) is 49.6 Å². The van der Waals surface area contributed by atoms with Crippen molar-refractivity contribution in [1.82, 2.24) is 15.8 Å². The van der Waals surface area contributed by atoms with Crippen LogP contribution in [0.15, 0.2) is 65.8 Å². The van der Waals surface area contributed by atoms with Crippen molar-refractivity contribution in [1.29, 1.82) is 0 Å². The van der Waals surface area contributed by atoms with Crippen LogP contribution in [0.3, 0.4) is 0 Å². The summed E-state index contributed by atoms with van der Waals surface area (Å²) in [5, 5.41) is 9.54. The fourth-order valence-electron chi connectivity index (χ4n) is 4.28. The first-order valence-corrected chi connectivity index (χ1v) is 12.2. The summed E-state index contributed by atoms with van der Waals surface area (Å²) in [4.78, 5) is 16.9. The van der Waals surface area contributed by atoms with Crippen molar-refractivity contribution in [3.63, 3.8) is 0 Å². The van der Waals surface area contributed by atoms with Gasteiger partial charge in [0.15, 0.2) is 0 Å². The quantitative estimate of drug-likeness (QED) is 0.303. The number of hydrazone groups is 1. The molecule has 9 heteroatoms. The number of nitrogens with one attached hydrogen (secondary N) is 2. The zero-order chi connectivity index (χ0) is 24.0. The van der Waals surface area contributed by atoms with Gasteiger partial charge >= 0.3 is 6.03 Å². The summed E-state index contributed by atoms with van der Waals surface area (Å²) < 4.78 is 28.6. The van der Waals surface area contributed by atoms with Crippen molar-refractivity contribution in [2.24, 2.45) is 5.10 Å². The second-order valence-electron chi connectivity index (χ2n) is 8.23. The van der Waals surface area contributed by atoms with E-state index in [1.807, 2.05) is 30.3 Å². The molecular weight excluding hydrogens is 458 g/mol. The summed E-state index contributed by atoms with van der Waals surface area (Å²) in [6, 6.07) is 12.5. The molecule has 2 atom stereocenters. The Morgan fingerprint density at radius 1 is 1.26 bits per heavy atom. The Hall–Kier alpha value is -2.75. The van der Waals surface area contributed by atoms with E-state index >= 15 is 0 Å². The largest absolute Gasteiger partial charge is 0.363 e. The van der Waals surface area contributed by atoms with E-state index < -0.39 is 22.5 Å². The highest BCUT2D eigenvalue weighted by Gasteiger charge is 2.49. The van der Waals surface area contributed by atoms with Gasteiger partial charge in [-0.2, -0.15) is 10.1 Å². The zero-order valence-electron chi connectivity index (χ0n) is 19.0. The van der Waals surface area contributed by atoms with Crippen LogP contribution in [0.2, 0.25) is 0 Å². The highest BCUT2D eigenvalue weighted by molar-refractivity contribution is 8.15. The first kappa shape index (κ1) is 24.4. The van der Waals surface area contributed by atoms with Crippen molar-refractivity contribution in [3.05, 3.63) is 83.4 Å². The Balaban J connectivity index is 1.64. The van der Waals surface area contributed by atoms with Crippen molar-refractivity contribution < 1.29 is 18.4 Å². The second-order valence-corrected chi connectivity index (χ2v) is 9.49. The van der Waals surface area contributed by atoms with Crippen LogP contribution in [0.5, 0.6) is 0 Å². The van der Waals surface area contributed by atoms with Crippen LogP contribution < -0.4 is 10.8 Å². The smallest absolute Gasteiger partial charge is 0.311 e. The number of urea groups is 1. The number of hydrogen-bond donors (Lipinski definition) is 2. The Kier molecular flexibility index (Phi) is 7.97. The predicted molar refractivity (Wildman–Crippen MR) is 130 cm³/mol. The first-order valence-electron chi connectivity index (χ1n) is 11.4. The molecule has 2 aliphatic rings. The molecule has 0 fully saturated rings. The standard InChI is InChI=1S/C25H28F2N4O2S/c1-33-30-24(32)31-25(18-9-4-2-5-10-18,15-8-16-28-20-11-6-3-7-12-20)34-23(29-31)21-17-19(26)13-14-22(21)27/h2,4-6,9-11,13-14,17,20,28H,3,7-8,12,15-16H2,1H3,(H,30,32). The lowest BCUT2D eigenvalue weighted by atomic mass is 9.99. The molecule has 0 aromatic heterocycles. The minimum atomic E-state index is -0.956. The van der Waals surface area contributed by atoms with E-state index in [9.17, 15) is 13.6 Å². The number of amides is 2. The molecule has 1 heterocycles. The maximum absolute atomic E-state index is 14.6. The molecule has 0 spiro atoms. The van der Waals surface area contributed by atoms with Gasteiger partial charge in [0.2, 0.25) is 0 Å². The normalized spacial score (nSPS) is 22.0. The number of allylic oxidation sites excluding steroid dienone is 1. The summed E-state index contributed by atoms with van der Waals surface area (Å²) in [7, 11) is 1.34. The van der Waals surface area contributed by atoms with Gasteiger partial charge < -0.3 is 5.32 Å². The van der Waals surface area contributed by atoms with Crippen molar-refractivity contribution in [2.45, 2.75) is 43.0 Å². The van der Waals surface area contributed by atoms with E-state index in [1.165, 1.54) is 30.3 Å². The molecule has 2 aromatic rings. The van der Waals surface area contributed by atoms with Crippen molar-refractivity contribution in [2.75, 3.05) is 13.7 Å². The van der Waals surface area contributed by atoms with Gasteiger partial charge in [0.1, 0.15) is 21.5 Å². The Bertz CT molecular complexity index is 1070. The number of carbonyl (C=O) groups excluding carboxylic acids is 1. The average molecular weight is 487 g/mol. The van der Waals surface area contributed by atoms with E-state index in [0.29, 0.717) is 12.5 Å². The summed E-state index contributed by atoms with van der Waals surface area (Å²) in [5.74, 6) is -1.18. The van der Waals surface area contributed by atoms with Gasteiger partial charge in [0.25, 0.3) is 0 Å².